The number of aromatic nitrogens is 2. The van der Waals surface area contributed by atoms with Gasteiger partial charge in [0.05, 0.1) is 6.10 Å². The molecule has 78 valence electrons. The summed E-state index contributed by atoms with van der Waals surface area (Å²) in [6.45, 7) is 6.57. The van der Waals surface area contributed by atoms with Crippen molar-refractivity contribution < 1.29 is 9.84 Å². The molecule has 0 aliphatic heterocycles. The predicted octanol–water partition coefficient (Wildman–Crippen LogP) is 1.37. The molecule has 1 heterocycles. The summed E-state index contributed by atoms with van der Waals surface area (Å²) in [5, 5.41) is 9.36. The molecule has 1 aromatic rings. The lowest BCUT2D eigenvalue weighted by molar-refractivity contribution is 0.127. The van der Waals surface area contributed by atoms with Gasteiger partial charge in [-0.2, -0.15) is 0 Å². The zero-order valence-corrected chi connectivity index (χ0v) is 8.82. The summed E-state index contributed by atoms with van der Waals surface area (Å²) in [4.78, 5) is 8.34. The van der Waals surface area contributed by atoms with Crippen LogP contribution in [0.15, 0.2) is 6.20 Å². The van der Waals surface area contributed by atoms with Crippen LogP contribution in [0.4, 0.5) is 0 Å². The smallest absolute Gasteiger partial charge is 0.154 e. The third kappa shape index (κ3) is 2.75. The van der Waals surface area contributed by atoms with Crippen molar-refractivity contribution in [3.63, 3.8) is 0 Å². The van der Waals surface area contributed by atoms with Crippen molar-refractivity contribution in [2.24, 2.45) is 0 Å². The Morgan fingerprint density at radius 3 is 2.79 bits per heavy atom. The van der Waals surface area contributed by atoms with Crippen LogP contribution in [0, 0.1) is 6.92 Å². The Bertz CT molecular complexity index is 300. The molecule has 0 unspecified atom stereocenters. The van der Waals surface area contributed by atoms with E-state index in [1.165, 1.54) is 0 Å². The molecule has 4 nitrogen and oxygen atoms in total. The van der Waals surface area contributed by atoms with E-state index in [-0.39, 0.29) is 0 Å². The van der Waals surface area contributed by atoms with Gasteiger partial charge in [0.25, 0.3) is 0 Å². The quantitative estimate of drug-likeness (QED) is 0.790. The molecular formula is C10H16N2O2. The molecule has 0 spiro atoms. The lowest BCUT2D eigenvalue weighted by atomic mass is 10.1. The fourth-order valence-electron chi connectivity index (χ4n) is 1.20. The van der Waals surface area contributed by atoms with Gasteiger partial charge in [-0.3, -0.25) is 0 Å². The van der Waals surface area contributed by atoms with Crippen LogP contribution in [0.25, 0.3) is 0 Å². The highest BCUT2D eigenvalue weighted by atomic mass is 16.5. The third-order valence-corrected chi connectivity index (χ3v) is 1.95. The summed E-state index contributed by atoms with van der Waals surface area (Å²) in [5.41, 5.74) is 1.58. The number of ether oxygens (including phenoxy) is 1. The molecule has 1 aromatic heterocycles. The Hall–Kier alpha value is -1.00. The maximum absolute atomic E-state index is 9.36. The SMILES string of the molecule is CCOCc1ncc([C@@H](C)O)c(C)n1. The van der Waals surface area contributed by atoms with Crippen LogP contribution in [0.2, 0.25) is 0 Å². The molecule has 0 saturated heterocycles. The van der Waals surface area contributed by atoms with E-state index in [2.05, 4.69) is 9.97 Å². The maximum atomic E-state index is 9.36. The second-order valence-corrected chi connectivity index (χ2v) is 3.14. The molecule has 1 rings (SSSR count). The predicted molar refractivity (Wildman–Crippen MR) is 52.7 cm³/mol. The third-order valence-electron chi connectivity index (χ3n) is 1.95. The Labute approximate surface area is 84.0 Å². The van der Waals surface area contributed by atoms with Gasteiger partial charge in [0.1, 0.15) is 6.61 Å². The standard InChI is InChI=1S/C10H16N2O2/c1-4-14-6-10-11-5-9(8(3)13)7(2)12-10/h5,8,13H,4,6H2,1-3H3/t8-/m1/s1. The normalized spacial score (nSPS) is 12.9. The summed E-state index contributed by atoms with van der Waals surface area (Å²) in [6.07, 6.45) is 1.14. The van der Waals surface area contributed by atoms with Crippen LogP contribution >= 0.6 is 0 Å². The summed E-state index contributed by atoms with van der Waals surface area (Å²) in [6, 6.07) is 0. The molecule has 0 saturated carbocycles. The summed E-state index contributed by atoms with van der Waals surface area (Å²) in [5.74, 6) is 0.661. The van der Waals surface area contributed by atoms with Crippen LogP contribution in [-0.4, -0.2) is 21.7 Å². The molecule has 0 radical (unpaired) electrons. The minimum atomic E-state index is -0.517. The largest absolute Gasteiger partial charge is 0.389 e. The van der Waals surface area contributed by atoms with Gasteiger partial charge in [0.2, 0.25) is 0 Å². The monoisotopic (exact) mass is 196 g/mol. The average Bonchev–Trinajstić information content (AvgIpc) is 2.14. The van der Waals surface area contributed by atoms with Crippen molar-refractivity contribution in [2.75, 3.05) is 6.61 Å². The second kappa shape index (κ2) is 5.02. The van der Waals surface area contributed by atoms with E-state index >= 15 is 0 Å². The number of hydrogen-bond acceptors (Lipinski definition) is 4. The van der Waals surface area contributed by atoms with Gasteiger partial charge in [-0.05, 0) is 20.8 Å². The molecule has 0 aromatic carbocycles. The van der Waals surface area contributed by atoms with Crippen molar-refractivity contribution in [1.29, 1.82) is 0 Å². The number of rotatable bonds is 4. The van der Waals surface area contributed by atoms with Crippen molar-refractivity contribution in [3.8, 4) is 0 Å². The minimum Gasteiger partial charge on any atom is -0.389 e. The lowest BCUT2D eigenvalue weighted by Crippen LogP contribution is -2.05. The van der Waals surface area contributed by atoms with Gasteiger partial charge in [-0.1, -0.05) is 0 Å². The van der Waals surface area contributed by atoms with Crippen LogP contribution in [-0.2, 0) is 11.3 Å². The first-order valence-corrected chi connectivity index (χ1v) is 4.73. The van der Waals surface area contributed by atoms with Gasteiger partial charge >= 0.3 is 0 Å². The fraction of sp³-hybridized carbons (Fsp3) is 0.600. The lowest BCUT2D eigenvalue weighted by Gasteiger charge is -2.08. The molecule has 0 amide bonds. The van der Waals surface area contributed by atoms with E-state index in [4.69, 9.17) is 4.74 Å². The van der Waals surface area contributed by atoms with Crippen molar-refractivity contribution >= 4 is 0 Å². The topological polar surface area (TPSA) is 55.2 Å². The second-order valence-electron chi connectivity index (χ2n) is 3.14. The Balaban J connectivity index is 2.78. The van der Waals surface area contributed by atoms with E-state index in [1.54, 1.807) is 13.1 Å². The maximum Gasteiger partial charge on any atom is 0.154 e. The van der Waals surface area contributed by atoms with E-state index in [9.17, 15) is 5.11 Å². The van der Waals surface area contributed by atoms with Crippen LogP contribution in [0.5, 0.6) is 0 Å². The van der Waals surface area contributed by atoms with E-state index in [0.717, 1.165) is 11.3 Å². The highest BCUT2D eigenvalue weighted by molar-refractivity contribution is 5.18. The molecule has 0 bridgehead atoms. The summed E-state index contributed by atoms with van der Waals surface area (Å²) in [7, 11) is 0. The molecule has 1 atom stereocenters. The van der Waals surface area contributed by atoms with Crippen LogP contribution < -0.4 is 0 Å². The molecule has 1 N–H and O–H groups in total. The van der Waals surface area contributed by atoms with Crippen LogP contribution in [0.1, 0.15) is 37.0 Å². The Morgan fingerprint density at radius 2 is 2.29 bits per heavy atom. The Morgan fingerprint density at radius 1 is 1.57 bits per heavy atom. The van der Waals surface area contributed by atoms with Crippen molar-refractivity contribution in [1.82, 2.24) is 9.97 Å². The number of nitrogens with zero attached hydrogens (tertiary/aromatic N) is 2. The van der Waals surface area contributed by atoms with E-state index < -0.39 is 6.10 Å². The number of aliphatic hydroxyl groups is 1. The number of aryl methyl sites for hydroxylation is 1. The van der Waals surface area contributed by atoms with Crippen LogP contribution in [0.3, 0.4) is 0 Å². The molecule has 0 aliphatic rings. The highest BCUT2D eigenvalue weighted by Crippen LogP contribution is 2.13. The first-order valence-electron chi connectivity index (χ1n) is 4.73. The van der Waals surface area contributed by atoms with Crippen molar-refractivity contribution in [3.05, 3.63) is 23.3 Å². The molecule has 0 aliphatic carbocycles. The van der Waals surface area contributed by atoms with Crippen molar-refractivity contribution in [2.45, 2.75) is 33.5 Å². The zero-order valence-electron chi connectivity index (χ0n) is 8.82. The first-order chi connectivity index (χ1) is 6.65. The highest BCUT2D eigenvalue weighted by Gasteiger charge is 2.07. The fourth-order valence-corrected chi connectivity index (χ4v) is 1.20. The minimum absolute atomic E-state index is 0.428. The van der Waals surface area contributed by atoms with Gasteiger partial charge in [0, 0.05) is 24.1 Å². The number of aliphatic hydroxyl groups excluding tert-OH is 1. The van der Waals surface area contributed by atoms with Gasteiger partial charge < -0.3 is 9.84 Å². The van der Waals surface area contributed by atoms with E-state index in [1.807, 2.05) is 13.8 Å². The first kappa shape index (κ1) is 11.1. The molecule has 14 heavy (non-hydrogen) atoms. The summed E-state index contributed by atoms with van der Waals surface area (Å²) >= 11 is 0. The number of hydrogen-bond donors (Lipinski definition) is 1. The van der Waals surface area contributed by atoms with Gasteiger partial charge in [-0.25, -0.2) is 9.97 Å². The zero-order chi connectivity index (χ0) is 10.6. The van der Waals surface area contributed by atoms with Gasteiger partial charge in [-0.15, -0.1) is 0 Å². The molecular weight excluding hydrogens is 180 g/mol. The van der Waals surface area contributed by atoms with Gasteiger partial charge in [0.15, 0.2) is 5.82 Å². The average molecular weight is 196 g/mol. The Kier molecular flexibility index (Phi) is 3.98. The molecule has 0 fully saturated rings. The summed E-state index contributed by atoms with van der Waals surface area (Å²) < 4.78 is 5.19. The van der Waals surface area contributed by atoms with E-state index in [0.29, 0.717) is 19.0 Å². The molecule has 4 heteroatoms.